The van der Waals surface area contributed by atoms with Crippen LogP contribution < -0.4 is 5.69 Å². The van der Waals surface area contributed by atoms with Crippen molar-refractivity contribution >= 4 is 5.65 Å². The van der Waals surface area contributed by atoms with Crippen molar-refractivity contribution in [3.63, 3.8) is 0 Å². The van der Waals surface area contributed by atoms with Gasteiger partial charge in [0.15, 0.2) is 5.65 Å². The van der Waals surface area contributed by atoms with Gasteiger partial charge in [-0.15, -0.1) is 0 Å². The highest BCUT2D eigenvalue weighted by Crippen LogP contribution is 2.00. The molecule has 0 aliphatic heterocycles. The first kappa shape index (κ1) is 7.02. The van der Waals surface area contributed by atoms with Gasteiger partial charge in [-0.25, -0.2) is 19.3 Å². The van der Waals surface area contributed by atoms with E-state index in [0.29, 0.717) is 11.5 Å². The van der Waals surface area contributed by atoms with Gasteiger partial charge in [-0.1, -0.05) is 0 Å². The smallest absolute Gasteiger partial charge is 0.246 e. The summed E-state index contributed by atoms with van der Waals surface area (Å²) in [4.78, 5) is 15.3. The summed E-state index contributed by atoms with van der Waals surface area (Å²) >= 11 is 0. The highest BCUT2D eigenvalue weighted by atomic mass is 16.1. The van der Waals surface area contributed by atoms with Gasteiger partial charge in [0.25, 0.3) is 0 Å². The normalized spacial score (nSPS) is 10.8. The van der Waals surface area contributed by atoms with E-state index in [-0.39, 0.29) is 5.69 Å². The Bertz CT molecular complexity index is 482. The lowest BCUT2D eigenvalue weighted by Gasteiger charge is -1.96. The van der Waals surface area contributed by atoms with Gasteiger partial charge in [0.2, 0.25) is 0 Å². The van der Waals surface area contributed by atoms with Gasteiger partial charge in [0.05, 0.1) is 0 Å². The molecule has 0 aromatic carbocycles. The number of H-pyrrole nitrogens is 1. The molecule has 0 amide bonds. The highest BCUT2D eigenvalue weighted by Gasteiger charge is 2.03. The molecule has 5 nitrogen and oxygen atoms in total. The number of nitrogens with one attached hydrogen (secondary N) is 1. The SMILES string of the molecule is Cc1cc2n[nH]c(=O)n2c(C)n1. The fourth-order valence-corrected chi connectivity index (χ4v) is 1.24. The van der Waals surface area contributed by atoms with Crippen LogP contribution in [0.15, 0.2) is 10.9 Å². The second-order valence-electron chi connectivity index (χ2n) is 2.67. The molecule has 0 aliphatic rings. The summed E-state index contributed by atoms with van der Waals surface area (Å²) < 4.78 is 1.44. The summed E-state index contributed by atoms with van der Waals surface area (Å²) in [5.41, 5.74) is 1.24. The topological polar surface area (TPSA) is 63.0 Å². The van der Waals surface area contributed by atoms with E-state index in [0.717, 1.165) is 5.69 Å². The molecule has 0 saturated heterocycles. The number of hydrogen-bond donors (Lipinski definition) is 1. The van der Waals surface area contributed by atoms with E-state index in [9.17, 15) is 4.79 Å². The molecule has 0 aliphatic carbocycles. The van der Waals surface area contributed by atoms with Crippen LogP contribution in [0.25, 0.3) is 5.65 Å². The molecule has 0 saturated carbocycles. The van der Waals surface area contributed by atoms with Crippen LogP contribution in [0.5, 0.6) is 0 Å². The number of aromatic amines is 1. The fraction of sp³-hybridized carbons (Fsp3) is 0.286. The average Bonchev–Trinajstić information content (AvgIpc) is 2.31. The third-order valence-corrected chi connectivity index (χ3v) is 1.70. The van der Waals surface area contributed by atoms with E-state index < -0.39 is 0 Å². The summed E-state index contributed by atoms with van der Waals surface area (Å²) in [5, 5.41) is 6.19. The Morgan fingerprint density at radius 3 is 3.00 bits per heavy atom. The van der Waals surface area contributed by atoms with Gasteiger partial charge >= 0.3 is 5.69 Å². The van der Waals surface area contributed by atoms with Crippen LogP contribution in [-0.4, -0.2) is 19.6 Å². The fourth-order valence-electron chi connectivity index (χ4n) is 1.24. The number of hydrogen-bond acceptors (Lipinski definition) is 3. The van der Waals surface area contributed by atoms with E-state index in [2.05, 4.69) is 15.2 Å². The van der Waals surface area contributed by atoms with Gasteiger partial charge in [-0.2, -0.15) is 5.10 Å². The van der Waals surface area contributed by atoms with Gasteiger partial charge in [0.1, 0.15) is 5.82 Å². The van der Waals surface area contributed by atoms with Gasteiger partial charge in [0, 0.05) is 11.8 Å². The third-order valence-electron chi connectivity index (χ3n) is 1.70. The predicted molar refractivity (Wildman–Crippen MR) is 43.1 cm³/mol. The molecule has 1 N–H and O–H groups in total. The zero-order valence-electron chi connectivity index (χ0n) is 6.83. The first-order valence-corrected chi connectivity index (χ1v) is 3.60. The Morgan fingerprint density at radius 2 is 2.25 bits per heavy atom. The lowest BCUT2D eigenvalue weighted by molar-refractivity contribution is 0.920. The number of fused-ring (bicyclic) bond motifs is 1. The maximum absolute atomic E-state index is 11.1. The monoisotopic (exact) mass is 164 g/mol. The summed E-state index contributed by atoms with van der Waals surface area (Å²) in [6.07, 6.45) is 0. The Labute approximate surface area is 68.1 Å². The molecule has 0 bridgehead atoms. The molecule has 2 aromatic heterocycles. The molecule has 12 heavy (non-hydrogen) atoms. The van der Waals surface area contributed by atoms with Crippen molar-refractivity contribution in [2.75, 3.05) is 0 Å². The van der Waals surface area contributed by atoms with Crippen molar-refractivity contribution in [1.29, 1.82) is 0 Å². The first-order chi connectivity index (χ1) is 5.68. The molecule has 2 heterocycles. The Kier molecular flexibility index (Phi) is 1.27. The quantitative estimate of drug-likeness (QED) is 0.597. The van der Waals surface area contributed by atoms with Crippen molar-refractivity contribution in [3.8, 4) is 0 Å². The summed E-state index contributed by atoms with van der Waals surface area (Å²) in [7, 11) is 0. The lowest BCUT2D eigenvalue weighted by atomic mass is 10.4. The van der Waals surface area contributed by atoms with Crippen LogP contribution in [0.3, 0.4) is 0 Å². The van der Waals surface area contributed by atoms with E-state index in [4.69, 9.17) is 0 Å². The minimum Gasteiger partial charge on any atom is -0.246 e. The van der Waals surface area contributed by atoms with Crippen LogP contribution in [0.2, 0.25) is 0 Å². The number of aromatic nitrogens is 4. The molecular formula is C7H8N4O. The van der Waals surface area contributed by atoms with Crippen molar-refractivity contribution in [3.05, 3.63) is 28.1 Å². The van der Waals surface area contributed by atoms with Crippen molar-refractivity contribution < 1.29 is 0 Å². The number of aryl methyl sites for hydroxylation is 2. The van der Waals surface area contributed by atoms with Crippen LogP contribution in [0, 0.1) is 13.8 Å². The molecular weight excluding hydrogens is 156 g/mol. The highest BCUT2D eigenvalue weighted by molar-refractivity contribution is 5.37. The second-order valence-corrected chi connectivity index (χ2v) is 2.67. The van der Waals surface area contributed by atoms with Crippen LogP contribution >= 0.6 is 0 Å². The second kappa shape index (κ2) is 2.17. The molecule has 0 fully saturated rings. The summed E-state index contributed by atoms with van der Waals surface area (Å²) in [6, 6.07) is 1.75. The van der Waals surface area contributed by atoms with Gasteiger partial charge in [-0.05, 0) is 13.8 Å². The van der Waals surface area contributed by atoms with Gasteiger partial charge < -0.3 is 0 Å². The Balaban J connectivity index is 3.03. The zero-order valence-corrected chi connectivity index (χ0v) is 6.83. The molecule has 2 aromatic rings. The molecule has 0 unspecified atom stereocenters. The molecule has 62 valence electrons. The molecule has 5 heteroatoms. The number of rotatable bonds is 0. The largest absolute Gasteiger partial charge is 0.349 e. The minimum absolute atomic E-state index is 0.241. The molecule has 0 radical (unpaired) electrons. The van der Waals surface area contributed by atoms with E-state index in [1.807, 2.05) is 6.92 Å². The number of nitrogens with zero attached hydrogens (tertiary/aromatic N) is 3. The molecule has 2 rings (SSSR count). The van der Waals surface area contributed by atoms with Crippen molar-refractivity contribution in [2.24, 2.45) is 0 Å². The molecule has 0 spiro atoms. The summed E-state index contributed by atoms with van der Waals surface area (Å²) in [5.74, 6) is 0.656. The van der Waals surface area contributed by atoms with Crippen LogP contribution in [0.1, 0.15) is 11.5 Å². The lowest BCUT2D eigenvalue weighted by Crippen LogP contribution is -2.13. The maximum Gasteiger partial charge on any atom is 0.349 e. The maximum atomic E-state index is 11.1. The minimum atomic E-state index is -0.241. The zero-order chi connectivity index (χ0) is 8.72. The van der Waals surface area contributed by atoms with E-state index >= 15 is 0 Å². The predicted octanol–water partition coefficient (Wildman–Crippen LogP) is 0.0344. The standard InChI is InChI=1S/C7H8N4O/c1-4-3-6-9-10-7(12)11(6)5(2)8-4/h3H,1-2H3,(H,10,12). The molecule has 0 atom stereocenters. The summed E-state index contributed by atoms with van der Waals surface area (Å²) in [6.45, 7) is 3.64. The third kappa shape index (κ3) is 0.827. The Hall–Kier alpha value is -1.65. The van der Waals surface area contributed by atoms with E-state index in [1.54, 1.807) is 13.0 Å². The van der Waals surface area contributed by atoms with E-state index in [1.165, 1.54) is 4.40 Å². The van der Waals surface area contributed by atoms with Crippen LogP contribution in [-0.2, 0) is 0 Å². The Morgan fingerprint density at radius 1 is 1.50 bits per heavy atom. The average molecular weight is 164 g/mol. The van der Waals surface area contributed by atoms with Crippen molar-refractivity contribution in [2.45, 2.75) is 13.8 Å². The van der Waals surface area contributed by atoms with Crippen LogP contribution in [0.4, 0.5) is 0 Å². The van der Waals surface area contributed by atoms with Gasteiger partial charge in [-0.3, -0.25) is 0 Å². The first-order valence-electron chi connectivity index (χ1n) is 3.60. The van der Waals surface area contributed by atoms with Crippen molar-refractivity contribution in [1.82, 2.24) is 19.6 Å².